The average molecular weight is 299 g/mol. The number of hydrogen-bond acceptors (Lipinski definition) is 5. The number of carboxylic acids is 1. The van der Waals surface area contributed by atoms with E-state index < -0.39 is 5.97 Å². The fraction of sp³-hybridized carbons (Fsp3) is 0.125. The summed E-state index contributed by atoms with van der Waals surface area (Å²) in [4.78, 5) is 22.2. The SMILES string of the molecule is COc1ccccc1Nc1ccc(C(=O)[O-])cc1NC(C)=O. The second-order valence-corrected chi connectivity index (χ2v) is 4.55. The van der Waals surface area contributed by atoms with Crippen LogP contribution in [-0.4, -0.2) is 19.0 Å². The van der Waals surface area contributed by atoms with Crippen molar-refractivity contribution in [1.29, 1.82) is 0 Å². The molecule has 6 heteroatoms. The van der Waals surface area contributed by atoms with Crippen molar-refractivity contribution in [3.05, 3.63) is 48.0 Å². The van der Waals surface area contributed by atoms with Gasteiger partial charge in [0, 0.05) is 6.92 Å². The number of hydrogen-bond donors (Lipinski definition) is 2. The quantitative estimate of drug-likeness (QED) is 0.878. The lowest BCUT2D eigenvalue weighted by molar-refractivity contribution is -0.255. The highest BCUT2D eigenvalue weighted by Crippen LogP contribution is 2.31. The van der Waals surface area contributed by atoms with Gasteiger partial charge in [-0.1, -0.05) is 18.2 Å². The van der Waals surface area contributed by atoms with E-state index in [4.69, 9.17) is 4.74 Å². The number of nitrogens with one attached hydrogen (secondary N) is 2. The number of carbonyl (C=O) groups excluding carboxylic acids is 2. The lowest BCUT2D eigenvalue weighted by Crippen LogP contribution is -2.22. The van der Waals surface area contributed by atoms with E-state index in [0.717, 1.165) is 0 Å². The molecule has 0 saturated carbocycles. The molecule has 0 radical (unpaired) electrons. The van der Waals surface area contributed by atoms with Gasteiger partial charge >= 0.3 is 0 Å². The van der Waals surface area contributed by atoms with Gasteiger partial charge in [0.15, 0.2) is 0 Å². The molecule has 0 saturated heterocycles. The standard InChI is InChI=1S/C16H16N2O4/c1-10(19)17-14-9-11(16(20)21)7-8-12(14)18-13-5-3-4-6-15(13)22-2/h3-9,18H,1-2H3,(H,17,19)(H,20,21)/p-1. The Morgan fingerprint density at radius 2 is 1.77 bits per heavy atom. The van der Waals surface area contributed by atoms with Gasteiger partial charge in [-0.3, -0.25) is 4.79 Å². The summed E-state index contributed by atoms with van der Waals surface area (Å²) in [7, 11) is 1.55. The third-order valence-corrected chi connectivity index (χ3v) is 2.94. The molecule has 2 aromatic carbocycles. The van der Waals surface area contributed by atoms with E-state index in [-0.39, 0.29) is 11.5 Å². The summed E-state index contributed by atoms with van der Waals surface area (Å²) in [5.41, 5.74) is 1.57. The van der Waals surface area contributed by atoms with E-state index in [2.05, 4.69) is 10.6 Å². The van der Waals surface area contributed by atoms with Gasteiger partial charge in [-0.05, 0) is 29.8 Å². The van der Waals surface area contributed by atoms with Crippen LogP contribution >= 0.6 is 0 Å². The topological polar surface area (TPSA) is 90.5 Å². The molecular formula is C16H15N2O4-. The third kappa shape index (κ3) is 3.54. The summed E-state index contributed by atoms with van der Waals surface area (Å²) >= 11 is 0. The van der Waals surface area contributed by atoms with Crippen LogP contribution in [0.4, 0.5) is 17.1 Å². The van der Waals surface area contributed by atoms with Gasteiger partial charge in [0.05, 0.1) is 30.1 Å². The summed E-state index contributed by atoms with van der Waals surface area (Å²) in [5, 5.41) is 16.6. The second kappa shape index (κ2) is 6.62. The molecule has 6 nitrogen and oxygen atoms in total. The summed E-state index contributed by atoms with van der Waals surface area (Å²) in [5.74, 6) is -0.991. The zero-order valence-corrected chi connectivity index (χ0v) is 12.2. The number of ether oxygens (including phenoxy) is 1. The Balaban J connectivity index is 2.41. The molecule has 2 aromatic rings. The van der Waals surface area contributed by atoms with Crippen LogP contribution in [0.2, 0.25) is 0 Å². The van der Waals surface area contributed by atoms with Crippen LogP contribution in [0.25, 0.3) is 0 Å². The first-order chi connectivity index (χ1) is 10.5. The van der Waals surface area contributed by atoms with Gasteiger partial charge in [-0.2, -0.15) is 0 Å². The number of para-hydroxylation sites is 2. The van der Waals surface area contributed by atoms with Gasteiger partial charge in [-0.25, -0.2) is 0 Å². The molecule has 0 aliphatic heterocycles. The van der Waals surface area contributed by atoms with E-state index in [0.29, 0.717) is 22.8 Å². The molecule has 0 aliphatic rings. The smallest absolute Gasteiger partial charge is 0.221 e. The minimum absolute atomic E-state index is 0.0191. The largest absolute Gasteiger partial charge is 0.545 e. The molecule has 0 bridgehead atoms. The molecule has 22 heavy (non-hydrogen) atoms. The Kier molecular flexibility index (Phi) is 4.63. The number of amides is 1. The maximum atomic E-state index is 11.3. The van der Waals surface area contributed by atoms with Crippen molar-refractivity contribution in [2.24, 2.45) is 0 Å². The Labute approximate surface area is 127 Å². The number of carboxylic acid groups (broad SMARTS) is 1. The molecule has 2 N–H and O–H groups in total. The molecule has 2 rings (SSSR count). The summed E-state index contributed by atoms with van der Waals surface area (Å²) < 4.78 is 5.25. The molecule has 0 unspecified atom stereocenters. The van der Waals surface area contributed by atoms with Crippen molar-refractivity contribution in [3.8, 4) is 5.75 Å². The number of anilines is 3. The van der Waals surface area contributed by atoms with Crippen molar-refractivity contribution in [1.82, 2.24) is 0 Å². The van der Waals surface area contributed by atoms with Crippen LogP contribution in [-0.2, 0) is 4.79 Å². The third-order valence-electron chi connectivity index (χ3n) is 2.94. The fourth-order valence-electron chi connectivity index (χ4n) is 1.97. The van der Waals surface area contributed by atoms with Gasteiger partial charge < -0.3 is 25.3 Å². The molecule has 0 fully saturated rings. The van der Waals surface area contributed by atoms with Crippen LogP contribution in [0.1, 0.15) is 17.3 Å². The van der Waals surface area contributed by atoms with Gasteiger partial charge in [0.1, 0.15) is 5.75 Å². The monoisotopic (exact) mass is 299 g/mol. The molecule has 0 aliphatic carbocycles. The maximum Gasteiger partial charge on any atom is 0.221 e. The highest BCUT2D eigenvalue weighted by molar-refractivity contribution is 5.97. The van der Waals surface area contributed by atoms with Crippen LogP contribution in [0, 0.1) is 0 Å². The predicted octanol–water partition coefficient (Wildman–Crippen LogP) is 1.76. The first-order valence-corrected chi connectivity index (χ1v) is 6.54. The zero-order valence-electron chi connectivity index (χ0n) is 12.2. The Morgan fingerprint density at radius 1 is 1.05 bits per heavy atom. The van der Waals surface area contributed by atoms with E-state index >= 15 is 0 Å². The van der Waals surface area contributed by atoms with Crippen molar-refractivity contribution < 1.29 is 19.4 Å². The van der Waals surface area contributed by atoms with Crippen LogP contribution in [0.5, 0.6) is 5.75 Å². The molecular weight excluding hydrogens is 284 g/mol. The van der Waals surface area contributed by atoms with Crippen LogP contribution in [0.15, 0.2) is 42.5 Å². The van der Waals surface area contributed by atoms with E-state index in [1.807, 2.05) is 18.2 Å². The van der Waals surface area contributed by atoms with Crippen molar-refractivity contribution in [2.75, 3.05) is 17.7 Å². The minimum Gasteiger partial charge on any atom is -0.545 e. The normalized spacial score (nSPS) is 9.91. The molecule has 0 atom stereocenters. The number of benzene rings is 2. The minimum atomic E-state index is -1.31. The molecule has 0 heterocycles. The van der Waals surface area contributed by atoms with E-state index in [1.54, 1.807) is 19.2 Å². The predicted molar refractivity (Wildman–Crippen MR) is 81.4 cm³/mol. The Morgan fingerprint density at radius 3 is 2.41 bits per heavy atom. The van der Waals surface area contributed by atoms with E-state index in [9.17, 15) is 14.7 Å². The van der Waals surface area contributed by atoms with Crippen LogP contribution < -0.4 is 20.5 Å². The molecule has 1 amide bonds. The van der Waals surface area contributed by atoms with Crippen LogP contribution in [0.3, 0.4) is 0 Å². The number of aromatic carboxylic acids is 1. The second-order valence-electron chi connectivity index (χ2n) is 4.55. The summed E-state index contributed by atoms with van der Waals surface area (Å²) in [6, 6.07) is 11.6. The lowest BCUT2D eigenvalue weighted by Gasteiger charge is -2.16. The van der Waals surface area contributed by atoms with Crippen molar-refractivity contribution in [2.45, 2.75) is 6.92 Å². The highest BCUT2D eigenvalue weighted by Gasteiger charge is 2.09. The van der Waals surface area contributed by atoms with Gasteiger partial charge in [0.2, 0.25) is 5.91 Å². The number of carbonyl (C=O) groups is 2. The first-order valence-electron chi connectivity index (χ1n) is 6.54. The summed E-state index contributed by atoms with van der Waals surface area (Å²) in [6.45, 7) is 1.35. The molecule has 0 spiro atoms. The van der Waals surface area contributed by atoms with E-state index in [1.165, 1.54) is 19.1 Å². The zero-order chi connectivity index (χ0) is 16.1. The van der Waals surface area contributed by atoms with Gasteiger partial charge in [-0.15, -0.1) is 0 Å². The van der Waals surface area contributed by atoms with Crippen molar-refractivity contribution >= 4 is 28.9 Å². The molecule has 114 valence electrons. The summed E-state index contributed by atoms with van der Waals surface area (Å²) in [6.07, 6.45) is 0. The lowest BCUT2D eigenvalue weighted by atomic mass is 10.1. The number of methoxy groups -OCH3 is 1. The maximum absolute atomic E-state index is 11.3. The van der Waals surface area contributed by atoms with Crippen molar-refractivity contribution in [3.63, 3.8) is 0 Å². The first kappa shape index (κ1) is 15.4. The Bertz CT molecular complexity index is 713. The molecule has 0 aromatic heterocycles. The van der Waals surface area contributed by atoms with Gasteiger partial charge in [0.25, 0.3) is 0 Å². The average Bonchev–Trinajstić information content (AvgIpc) is 2.48. The Hall–Kier alpha value is -3.02. The number of rotatable bonds is 5. The fourth-order valence-corrected chi connectivity index (χ4v) is 1.97. The highest BCUT2D eigenvalue weighted by atomic mass is 16.5.